The van der Waals surface area contributed by atoms with Gasteiger partial charge in [-0.15, -0.1) is 0 Å². The van der Waals surface area contributed by atoms with E-state index in [4.69, 9.17) is 14.2 Å². The van der Waals surface area contributed by atoms with Gasteiger partial charge in [0.05, 0.1) is 13.7 Å². The third-order valence-electron chi connectivity index (χ3n) is 7.66. The van der Waals surface area contributed by atoms with E-state index >= 15 is 0 Å². The molecule has 0 atom stereocenters. The second kappa shape index (κ2) is 15.9. The zero-order chi connectivity index (χ0) is 32.2. The summed E-state index contributed by atoms with van der Waals surface area (Å²) in [7, 11) is 1.39. The minimum absolute atomic E-state index is 0.0559. The Hall–Kier alpha value is -4.57. The number of fused-ring (bicyclic) bond motifs is 1. The van der Waals surface area contributed by atoms with Gasteiger partial charge in [-0.2, -0.15) is 0 Å². The van der Waals surface area contributed by atoms with Gasteiger partial charge in [-0.05, 0) is 79.3 Å². The third-order valence-corrected chi connectivity index (χ3v) is 7.66. The average molecular weight is 610 g/mol. The van der Waals surface area contributed by atoms with Gasteiger partial charge in [0.1, 0.15) is 11.3 Å². The van der Waals surface area contributed by atoms with Crippen molar-refractivity contribution in [2.45, 2.75) is 90.9 Å². The van der Waals surface area contributed by atoms with Gasteiger partial charge in [-0.1, -0.05) is 62.3 Å². The molecule has 0 aliphatic carbocycles. The van der Waals surface area contributed by atoms with Gasteiger partial charge >= 0.3 is 11.9 Å². The van der Waals surface area contributed by atoms with Crippen molar-refractivity contribution in [3.63, 3.8) is 0 Å². The van der Waals surface area contributed by atoms with Gasteiger partial charge in [-0.25, -0.2) is 4.79 Å². The summed E-state index contributed by atoms with van der Waals surface area (Å²) < 4.78 is 15.9. The third kappa shape index (κ3) is 9.97. The van der Waals surface area contributed by atoms with E-state index in [0.29, 0.717) is 37.2 Å². The molecule has 236 valence electrons. The molecule has 3 aromatic carbocycles. The Labute approximate surface area is 266 Å². The molecule has 7 nitrogen and oxygen atoms in total. The first-order valence-corrected chi connectivity index (χ1v) is 15.8. The summed E-state index contributed by atoms with van der Waals surface area (Å²) in [5, 5.41) is 0. The molecular weight excluding hydrogens is 566 g/mol. The SMILES string of the molecule is CCCCc1ccc(C#Cc2ccc(CN(C(=O)CCCCCCC(=O)OC)c3ccc4c(c3)C(=O)OC(C)(C)O4)cc2)cc1. The molecule has 1 aliphatic rings. The molecule has 0 saturated carbocycles. The van der Waals surface area contributed by atoms with E-state index in [-0.39, 0.29) is 17.4 Å². The Morgan fingerprint density at radius 1 is 0.800 bits per heavy atom. The number of anilines is 1. The van der Waals surface area contributed by atoms with Crippen molar-refractivity contribution < 1.29 is 28.6 Å². The fourth-order valence-electron chi connectivity index (χ4n) is 5.11. The number of benzene rings is 3. The molecule has 1 aliphatic heterocycles. The fraction of sp³-hybridized carbons (Fsp3) is 0.395. The van der Waals surface area contributed by atoms with E-state index in [1.165, 1.54) is 25.5 Å². The summed E-state index contributed by atoms with van der Waals surface area (Å²) in [6.07, 6.45) is 7.25. The lowest BCUT2D eigenvalue weighted by Crippen LogP contribution is -2.39. The number of unbranched alkanes of at least 4 members (excludes halogenated alkanes) is 4. The van der Waals surface area contributed by atoms with Crippen LogP contribution in [0.25, 0.3) is 0 Å². The van der Waals surface area contributed by atoms with Crippen molar-refractivity contribution in [3.8, 4) is 17.6 Å². The minimum atomic E-state index is -1.06. The smallest absolute Gasteiger partial charge is 0.345 e. The van der Waals surface area contributed by atoms with Gasteiger partial charge in [-0.3, -0.25) is 9.59 Å². The topological polar surface area (TPSA) is 82.1 Å². The van der Waals surface area contributed by atoms with Crippen molar-refractivity contribution in [1.82, 2.24) is 0 Å². The van der Waals surface area contributed by atoms with Crippen LogP contribution >= 0.6 is 0 Å². The maximum absolute atomic E-state index is 13.6. The number of hydrogen-bond donors (Lipinski definition) is 0. The Bertz CT molecular complexity index is 1530. The van der Waals surface area contributed by atoms with Crippen molar-refractivity contribution in [3.05, 3.63) is 94.5 Å². The molecular formula is C38H43NO6. The lowest BCUT2D eigenvalue weighted by atomic mass is 10.1. The maximum Gasteiger partial charge on any atom is 0.345 e. The van der Waals surface area contributed by atoms with Crippen LogP contribution in [0.15, 0.2) is 66.7 Å². The van der Waals surface area contributed by atoms with Crippen LogP contribution in [-0.4, -0.2) is 30.7 Å². The van der Waals surface area contributed by atoms with Crippen LogP contribution in [0.2, 0.25) is 0 Å². The van der Waals surface area contributed by atoms with Gasteiger partial charge in [0.2, 0.25) is 11.7 Å². The van der Waals surface area contributed by atoms with Gasteiger partial charge in [0.15, 0.2) is 0 Å². The monoisotopic (exact) mass is 609 g/mol. The maximum atomic E-state index is 13.6. The second-order valence-corrected chi connectivity index (χ2v) is 11.8. The van der Waals surface area contributed by atoms with Crippen LogP contribution in [0.4, 0.5) is 5.69 Å². The first kappa shape index (κ1) is 33.3. The van der Waals surface area contributed by atoms with Crippen LogP contribution in [0.5, 0.6) is 5.75 Å². The van der Waals surface area contributed by atoms with E-state index in [9.17, 15) is 14.4 Å². The highest BCUT2D eigenvalue weighted by Gasteiger charge is 2.34. The molecule has 0 radical (unpaired) electrons. The highest BCUT2D eigenvalue weighted by atomic mass is 16.7. The molecule has 3 aromatic rings. The van der Waals surface area contributed by atoms with Crippen molar-refractivity contribution >= 4 is 23.5 Å². The quantitative estimate of drug-likeness (QED) is 0.112. The molecule has 0 N–H and O–H groups in total. The summed E-state index contributed by atoms with van der Waals surface area (Å²) in [6, 6.07) is 21.5. The van der Waals surface area contributed by atoms with E-state index < -0.39 is 11.8 Å². The van der Waals surface area contributed by atoms with Crippen LogP contribution in [-0.2, 0) is 32.0 Å². The number of ether oxygens (including phenoxy) is 3. The number of esters is 2. The number of rotatable bonds is 13. The zero-order valence-corrected chi connectivity index (χ0v) is 26.8. The summed E-state index contributed by atoms with van der Waals surface area (Å²) in [4.78, 5) is 39.4. The summed E-state index contributed by atoms with van der Waals surface area (Å²) >= 11 is 0. The van der Waals surface area contributed by atoms with Crippen LogP contribution < -0.4 is 9.64 Å². The first-order valence-electron chi connectivity index (χ1n) is 15.8. The predicted molar refractivity (Wildman–Crippen MR) is 175 cm³/mol. The number of hydrogen-bond acceptors (Lipinski definition) is 6. The van der Waals surface area contributed by atoms with Gasteiger partial charge in [0.25, 0.3) is 0 Å². The molecule has 0 bridgehead atoms. The Balaban J connectivity index is 1.46. The molecule has 0 fully saturated rings. The largest absolute Gasteiger partial charge is 0.469 e. The number of carbonyl (C=O) groups excluding carboxylic acids is 3. The summed E-state index contributed by atoms with van der Waals surface area (Å²) in [5.41, 5.74) is 5.00. The predicted octanol–water partition coefficient (Wildman–Crippen LogP) is 7.76. The van der Waals surface area contributed by atoms with E-state index in [1.54, 1.807) is 36.9 Å². The van der Waals surface area contributed by atoms with Crippen LogP contribution in [0.1, 0.15) is 105 Å². The number of aryl methyl sites for hydroxylation is 1. The van der Waals surface area contributed by atoms with Crippen molar-refractivity contribution in [1.29, 1.82) is 0 Å². The molecule has 0 spiro atoms. The first-order chi connectivity index (χ1) is 21.7. The average Bonchev–Trinajstić information content (AvgIpc) is 3.03. The summed E-state index contributed by atoms with van der Waals surface area (Å²) in [5.74, 6) is 5.08. The lowest BCUT2D eigenvalue weighted by molar-refractivity contribution is -0.140. The highest BCUT2D eigenvalue weighted by Crippen LogP contribution is 2.34. The molecule has 0 aromatic heterocycles. The van der Waals surface area contributed by atoms with Crippen LogP contribution in [0.3, 0.4) is 0 Å². The fourth-order valence-corrected chi connectivity index (χ4v) is 5.11. The van der Waals surface area contributed by atoms with E-state index in [2.05, 4.69) is 43.0 Å². The lowest BCUT2D eigenvalue weighted by Gasteiger charge is -2.32. The van der Waals surface area contributed by atoms with Crippen molar-refractivity contribution in [2.24, 2.45) is 0 Å². The van der Waals surface area contributed by atoms with Gasteiger partial charge < -0.3 is 19.1 Å². The molecule has 45 heavy (non-hydrogen) atoms. The minimum Gasteiger partial charge on any atom is -0.469 e. The zero-order valence-electron chi connectivity index (χ0n) is 26.8. The van der Waals surface area contributed by atoms with E-state index in [1.807, 2.05) is 24.3 Å². The molecule has 1 amide bonds. The Morgan fingerprint density at radius 3 is 2.04 bits per heavy atom. The molecule has 0 unspecified atom stereocenters. The standard InChI is InChI=1S/C38H43NO6/c1-5-6-11-28-14-16-29(17-15-28)18-19-30-20-22-31(23-21-30)27-39(35(40)12-9-7-8-10-13-36(41)43-4)32-24-25-34-33(26-32)37(42)45-38(2,3)44-34/h14-17,20-26H,5-13,27H2,1-4H3. The van der Waals surface area contributed by atoms with Crippen LogP contribution in [0, 0.1) is 11.8 Å². The number of amides is 1. The Kier molecular flexibility index (Phi) is 11.8. The normalized spacial score (nSPS) is 13.0. The number of cyclic esters (lactones) is 1. The number of carbonyl (C=O) groups is 3. The number of methoxy groups -OCH3 is 1. The molecule has 7 heteroatoms. The van der Waals surface area contributed by atoms with Gasteiger partial charge in [0, 0.05) is 43.5 Å². The molecule has 0 saturated heterocycles. The highest BCUT2D eigenvalue weighted by molar-refractivity contribution is 5.98. The number of nitrogens with zero attached hydrogens (tertiary/aromatic N) is 1. The summed E-state index contributed by atoms with van der Waals surface area (Å²) in [6.45, 7) is 5.89. The van der Waals surface area contributed by atoms with Crippen molar-refractivity contribution in [2.75, 3.05) is 12.0 Å². The molecule has 4 rings (SSSR count). The Morgan fingerprint density at radius 2 is 1.42 bits per heavy atom. The second-order valence-electron chi connectivity index (χ2n) is 11.8. The molecule has 1 heterocycles. The van der Waals surface area contributed by atoms with E-state index in [0.717, 1.165) is 42.4 Å².